The van der Waals surface area contributed by atoms with Crippen molar-refractivity contribution in [3.8, 4) is 5.75 Å². The maximum atomic E-state index is 5.62. The highest BCUT2D eigenvalue weighted by atomic mass is 16.5. The predicted molar refractivity (Wildman–Crippen MR) is 60.4 cm³/mol. The van der Waals surface area contributed by atoms with Crippen LogP contribution in [0, 0.1) is 0 Å². The van der Waals surface area contributed by atoms with Crippen molar-refractivity contribution in [3.63, 3.8) is 0 Å². The van der Waals surface area contributed by atoms with Gasteiger partial charge >= 0.3 is 0 Å². The molecule has 0 saturated heterocycles. The largest absolute Gasteiger partial charge is 0.493 e. The van der Waals surface area contributed by atoms with E-state index in [0.717, 1.165) is 25.3 Å². The zero-order valence-corrected chi connectivity index (χ0v) is 9.18. The van der Waals surface area contributed by atoms with Gasteiger partial charge in [0.1, 0.15) is 5.75 Å². The molecule has 1 aliphatic heterocycles. The van der Waals surface area contributed by atoms with Crippen molar-refractivity contribution >= 4 is 0 Å². The first-order valence-corrected chi connectivity index (χ1v) is 5.91. The van der Waals surface area contributed by atoms with Gasteiger partial charge < -0.3 is 10.1 Å². The molecule has 2 aliphatic rings. The molecule has 0 unspecified atom stereocenters. The molecule has 0 fully saturated rings. The number of hydrogen-bond donors (Lipinski definition) is 1. The number of hydrogen-bond acceptors (Lipinski definition) is 2. The van der Waals surface area contributed by atoms with Crippen molar-refractivity contribution < 1.29 is 4.74 Å². The number of fused-ring (bicyclic) bond motifs is 3. The van der Waals surface area contributed by atoms with Crippen molar-refractivity contribution in [3.05, 3.63) is 28.8 Å². The zero-order chi connectivity index (χ0) is 10.3. The van der Waals surface area contributed by atoms with Crippen LogP contribution in [0.5, 0.6) is 5.75 Å². The molecule has 0 aromatic heterocycles. The lowest BCUT2D eigenvalue weighted by molar-refractivity contribution is 0.357. The normalized spacial score (nSPS) is 22.3. The minimum absolute atomic E-state index is 0.571. The summed E-state index contributed by atoms with van der Waals surface area (Å²) < 4.78 is 5.62. The number of aryl methyl sites for hydroxylation is 1. The first kappa shape index (κ1) is 9.22. The molecule has 1 aromatic rings. The highest BCUT2D eigenvalue weighted by Gasteiger charge is 2.28. The maximum Gasteiger partial charge on any atom is 0.122 e. The fourth-order valence-electron chi connectivity index (χ4n) is 2.90. The molecule has 1 aliphatic carbocycles. The Bertz CT molecular complexity index is 384. The topological polar surface area (TPSA) is 21.3 Å². The van der Waals surface area contributed by atoms with E-state index in [9.17, 15) is 0 Å². The van der Waals surface area contributed by atoms with E-state index in [1.165, 1.54) is 24.0 Å². The quantitative estimate of drug-likeness (QED) is 0.795. The van der Waals surface area contributed by atoms with Crippen LogP contribution in [0.4, 0.5) is 0 Å². The summed E-state index contributed by atoms with van der Waals surface area (Å²) in [6, 6.07) is 4.97. The van der Waals surface area contributed by atoms with Gasteiger partial charge in [-0.25, -0.2) is 0 Å². The fourth-order valence-corrected chi connectivity index (χ4v) is 2.90. The molecule has 0 radical (unpaired) electrons. The Kier molecular flexibility index (Phi) is 2.17. The third-order valence-electron chi connectivity index (χ3n) is 3.52. The number of nitrogens with one attached hydrogen (secondary N) is 1. The highest BCUT2D eigenvalue weighted by molar-refractivity contribution is 5.50. The molecular formula is C13H17NO. The lowest BCUT2D eigenvalue weighted by Crippen LogP contribution is -2.19. The van der Waals surface area contributed by atoms with E-state index in [2.05, 4.69) is 24.4 Å². The minimum Gasteiger partial charge on any atom is -0.493 e. The Morgan fingerprint density at radius 3 is 3.20 bits per heavy atom. The summed E-state index contributed by atoms with van der Waals surface area (Å²) in [5, 5.41) is 3.57. The second kappa shape index (κ2) is 3.53. The van der Waals surface area contributed by atoms with E-state index in [4.69, 9.17) is 4.74 Å². The Balaban J connectivity index is 2.05. The van der Waals surface area contributed by atoms with Gasteiger partial charge in [-0.05, 0) is 36.6 Å². The second-order valence-corrected chi connectivity index (χ2v) is 4.36. The van der Waals surface area contributed by atoms with Crippen LogP contribution < -0.4 is 10.1 Å². The van der Waals surface area contributed by atoms with E-state index in [1.807, 2.05) is 0 Å². The van der Waals surface area contributed by atoms with Crippen molar-refractivity contribution in [2.75, 3.05) is 13.2 Å². The summed E-state index contributed by atoms with van der Waals surface area (Å²) in [5.74, 6) is 1.12. The Labute approximate surface area is 90.6 Å². The third kappa shape index (κ3) is 1.36. The third-order valence-corrected chi connectivity index (χ3v) is 3.52. The van der Waals surface area contributed by atoms with Crippen LogP contribution in [-0.2, 0) is 12.8 Å². The molecule has 0 bridgehead atoms. The van der Waals surface area contributed by atoms with Crippen molar-refractivity contribution in [2.24, 2.45) is 0 Å². The molecule has 1 atom stereocenters. The molecular weight excluding hydrogens is 186 g/mol. The molecule has 80 valence electrons. The average Bonchev–Trinajstić information content (AvgIpc) is 2.83. The SMILES string of the molecule is CCN[C@H]1CCc2ccc3c(c21)CCO3. The van der Waals surface area contributed by atoms with Gasteiger partial charge in [0.2, 0.25) is 0 Å². The Morgan fingerprint density at radius 1 is 1.40 bits per heavy atom. The molecule has 0 saturated carbocycles. The number of benzene rings is 1. The van der Waals surface area contributed by atoms with Crippen LogP contribution in [0.2, 0.25) is 0 Å². The number of ether oxygens (including phenoxy) is 1. The van der Waals surface area contributed by atoms with Crippen LogP contribution in [0.3, 0.4) is 0 Å². The van der Waals surface area contributed by atoms with E-state index in [1.54, 1.807) is 5.56 Å². The summed E-state index contributed by atoms with van der Waals surface area (Å²) in [4.78, 5) is 0. The molecule has 2 heteroatoms. The van der Waals surface area contributed by atoms with E-state index in [-0.39, 0.29) is 0 Å². The average molecular weight is 203 g/mol. The van der Waals surface area contributed by atoms with Crippen LogP contribution in [0.15, 0.2) is 12.1 Å². The first-order valence-electron chi connectivity index (χ1n) is 5.91. The van der Waals surface area contributed by atoms with Gasteiger partial charge in [0.25, 0.3) is 0 Å². The van der Waals surface area contributed by atoms with Crippen molar-refractivity contribution in [1.29, 1.82) is 0 Å². The van der Waals surface area contributed by atoms with E-state index in [0.29, 0.717) is 6.04 Å². The summed E-state index contributed by atoms with van der Waals surface area (Å²) in [6.45, 7) is 4.09. The molecule has 1 aromatic carbocycles. The smallest absolute Gasteiger partial charge is 0.122 e. The van der Waals surface area contributed by atoms with Crippen LogP contribution in [0.25, 0.3) is 0 Å². The van der Waals surface area contributed by atoms with E-state index < -0.39 is 0 Å². The number of rotatable bonds is 2. The zero-order valence-electron chi connectivity index (χ0n) is 9.18. The second-order valence-electron chi connectivity index (χ2n) is 4.36. The minimum atomic E-state index is 0.571. The van der Waals surface area contributed by atoms with Gasteiger partial charge in [-0.3, -0.25) is 0 Å². The first-order chi connectivity index (χ1) is 7.40. The summed E-state index contributed by atoms with van der Waals surface area (Å²) in [5.41, 5.74) is 4.55. The summed E-state index contributed by atoms with van der Waals surface area (Å²) >= 11 is 0. The Morgan fingerprint density at radius 2 is 2.33 bits per heavy atom. The van der Waals surface area contributed by atoms with Gasteiger partial charge in [0, 0.05) is 18.0 Å². The van der Waals surface area contributed by atoms with Crippen LogP contribution in [-0.4, -0.2) is 13.2 Å². The molecule has 2 nitrogen and oxygen atoms in total. The van der Waals surface area contributed by atoms with Crippen LogP contribution >= 0.6 is 0 Å². The molecule has 0 amide bonds. The van der Waals surface area contributed by atoms with Crippen molar-refractivity contribution in [2.45, 2.75) is 32.2 Å². The molecule has 15 heavy (non-hydrogen) atoms. The van der Waals surface area contributed by atoms with Gasteiger partial charge in [-0.15, -0.1) is 0 Å². The maximum absolute atomic E-state index is 5.62. The highest BCUT2D eigenvalue weighted by Crippen LogP contribution is 2.40. The van der Waals surface area contributed by atoms with Gasteiger partial charge in [-0.1, -0.05) is 13.0 Å². The van der Waals surface area contributed by atoms with Gasteiger partial charge in [0.15, 0.2) is 0 Å². The van der Waals surface area contributed by atoms with Gasteiger partial charge in [-0.2, -0.15) is 0 Å². The Hall–Kier alpha value is -1.02. The van der Waals surface area contributed by atoms with Crippen LogP contribution in [0.1, 0.15) is 36.1 Å². The monoisotopic (exact) mass is 203 g/mol. The molecule has 3 rings (SSSR count). The van der Waals surface area contributed by atoms with E-state index >= 15 is 0 Å². The van der Waals surface area contributed by atoms with Crippen molar-refractivity contribution in [1.82, 2.24) is 5.32 Å². The molecule has 1 N–H and O–H groups in total. The summed E-state index contributed by atoms with van der Waals surface area (Å²) in [7, 11) is 0. The predicted octanol–water partition coefficient (Wildman–Crippen LogP) is 2.22. The lowest BCUT2D eigenvalue weighted by Gasteiger charge is -2.15. The summed E-state index contributed by atoms with van der Waals surface area (Å²) in [6.07, 6.45) is 3.57. The van der Waals surface area contributed by atoms with Gasteiger partial charge in [0.05, 0.1) is 6.61 Å². The molecule has 0 spiro atoms. The molecule has 1 heterocycles. The lowest BCUT2D eigenvalue weighted by atomic mass is 9.99. The standard InChI is InChI=1S/C13H17NO/c1-2-14-11-5-3-9-4-6-12-10(13(9)11)7-8-15-12/h4,6,11,14H,2-3,5,7-8H2,1H3/t11-/m0/s1. The fraction of sp³-hybridized carbons (Fsp3) is 0.538.